The molecule has 2 aromatic rings. The van der Waals surface area contributed by atoms with Gasteiger partial charge in [-0.3, -0.25) is 0 Å². The van der Waals surface area contributed by atoms with E-state index in [4.69, 9.17) is 15.2 Å². The first-order valence-electron chi connectivity index (χ1n) is 6.89. The summed E-state index contributed by atoms with van der Waals surface area (Å²) in [4.78, 5) is 0. The molecular weight excluding hydrogens is 269 g/mol. The van der Waals surface area contributed by atoms with Crippen LogP contribution in [-0.4, -0.2) is 13.2 Å². The van der Waals surface area contributed by atoms with E-state index in [9.17, 15) is 4.39 Å². The maximum Gasteiger partial charge on any atom is 0.171 e. The summed E-state index contributed by atoms with van der Waals surface area (Å²) in [6.45, 7) is 2.09. The molecule has 2 rings (SSSR count). The van der Waals surface area contributed by atoms with Gasteiger partial charge in [0.1, 0.15) is 12.4 Å². The van der Waals surface area contributed by atoms with Gasteiger partial charge in [0.2, 0.25) is 0 Å². The van der Waals surface area contributed by atoms with Gasteiger partial charge in [0.15, 0.2) is 11.6 Å². The van der Waals surface area contributed by atoms with Crippen LogP contribution in [0.4, 0.5) is 4.39 Å². The number of rotatable bonds is 6. The molecule has 2 N–H and O–H groups in total. The fourth-order valence-electron chi connectivity index (χ4n) is 2.14. The van der Waals surface area contributed by atoms with Gasteiger partial charge in [-0.25, -0.2) is 4.39 Å². The van der Waals surface area contributed by atoms with Crippen molar-refractivity contribution in [1.29, 1.82) is 0 Å². The van der Waals surface area contributed by atoms with Crippen molar-refractivity contribution < 1.29 is 13.9 Å². The lowest BCUT2D eigenvalue weighted by Gasteiger charge is -2.14. The Morgan fingerprint density at radius 2 is 1.71 bits per heavy atom. The Hall–Kier alpha value is -2.07. The molecule has 0 radical (unpaired) electrons. The Morgan fingerprint density at radius 1 is 1.05 bits per heavy atom. The molecule has 0 aromatic heterocycles. The average Bonchev–Trinajstić information content (AvgIpc) is 2.47. The number of ether oxygens (including phenoxy) is 2. The Kier molecular flexibility index (Phi) is 5.17. The molecule has 4 heteroatoms. The first-order chi connectivity index (χ1) is 10.1. The van der Waals surface area contributed by atoms with Gasteiger partial charge < -0.3 is 15.2 Å². The Morgan fingerprint density at radius 3 is 2.43 bits per heavy atom. The van der Waals surface area contributed by atoms with Crippen molar-refractivity contribution in [3.05, 3.63) is 59.4 Å². The SMILES string of the molecule is COc1cccc(COc2ccccc2CC(C)N)c1F. The van der Waals surface area contributed by atoms with Gasteiger partial charge in [0.05, 0.1) is 7.11 Å². The van der Waals surface area contributed by atoms with Crippen LogP contribution in [0.2, 0.25) is 0 Å². The largest absolute Gasteiger partial charge is 0.494 e. The van der Waals surface area contributed by atoms with E-state index >= 15 is 0 Å². The maximum atomic E-state index is 14.1. The topological polar surface area (TPSA) is 44.5 Å². The summed E-state index contributed by atoms with van der Waals surface area (Å²) in [6, 6.07) is 12.7. The molecule has 0 fully saturated rings. The van der Waals surface area contributed by atoms with Crippen LogP contribution in [0.5, 0.6) is 11.5 Å². The summed E-state index contributed by atoms with van der Waals surface area (Å²) in [5.41, 5.74) is 7.32. The van der Waals surface area contributed by atoms with Crippen LogP contribution in [0.1, 0.15) is 18.1 Å². The van der Waals surface area contributed by atoms with Crippen molar-refractivity contribution in [3.8, 4) is 11.5 Å². The van der Waals surface area contributed by atoms with Crippen molar-refractivity contribution >= 4 is 0 Å². The van der Waals surface area contributed by atoms with Gasteiger partial charge in [-0.2, -0.15) is 0 Å². The van der Waals surface area contributed by atoms with Gasteiger partial charge in [-0.05, 0) is 31.0 Å². The van der Waals surface area contributed by atoms with E-state index in [0.717, 1.165) is 17.7 Å². The molecule has 1 unspecified atom stereocenters. The lowest BCUT2D eigenvalue weighted by molar-refractivity contribution is 0.292. The zero-order chi connectivity index (χ0) is 15.2. The minimum absolute atomic E-state index is 0.0447. The lowest BCUT2D eigenvalue weighted by Crippen LogP contribution is -2.18. The van der Waals surface area contributed by atoms with Crippen LogP contribution < -0.4 is 15.2 Å². The zero-order valence-corrected chi connectivity index (χ0v) is 12.3. The van der Waals surface area contributed by atoms with Gasteiger partial charge in [0.25, 0.3) is 0 Å². The van der Waals surface area contributed by atoms with Crippen LogP contribution in [0, 0.1) is 5.82 Å². The quantitative estimate of drug-likeness (QED) is 0.887. The van der Waals surface area contributed by atoms with E-state index in [-0.39, 0.29) is 24.2 Å². The summed E-state index contributed by atoms with van der Waals surface area (Å²) in [5, 5.41) is 0. The molecule has 112 valence electrons. The van der Waals surface area contributed by atoms with Crippen LogP contribution in [0.15, 0.2) is 42.5 Å². The molecule has 0 amide bonds. The number of nitrogens with two attached hydrogens (primary N) is 1. The van der Waals surface area contributed by atoms with E-state index in [1.807, 2.05) is 31.2 Å². The molecule has 0 aliphatic heterocycles. The normalized spacial score (nSPS) is 12.0. The van der Waals surface area contributed by atoms with Crippen molar-refractivity contribution in [2.45, 2.75) is 26.0 Å². The van der Waals surface area contributed by atoms with Crippen LogP contribution in [0.3, 0.4) is 0 Å². The third-order valence-electron chi connectivity index (χ3n) is 3.16. The van der Waals surface area contributed by atoms with E-state index in [1.54, 1.807) is 18.2 Å². The molecule has 0 heterocycles. The Labute approximate surface area is 124 Å². The average molecular weight is 289 g/mol. The lowest BCUT2D eigenvalue weighted by atomic mass is 10.1. The minimum Gasteiger partial charge on any atom is -0.494 e. The third-order valence-corrected chi connectivity index (χ3v) is 3.16. The number of hydrogen-bond donors (Lipinski definition) is 1. The zero-order valence-electron chi connectivity index (χ0n) is 12.3. The molecule has 2 aromatic carbocycles. The highest BCUT2D eigenvalue weighted by molar-refractivity contribution is 5.35. The summed E-state index contributed by atoms with van der Waals surface area (Å²) in [6.07, 6.45) is 0.719. The molecule has 0 saturated heterocycles. The summed E-state index contributed by atoms with van der Waals surface area (Å²) < 4.78 is 24.8. The fourth-order valence-corrected chi connectivity index (χ4v) is 2.14. The second kappa shape index (κ2) is 7.09. The molecule has 0 aliphatic rings. The first-order valence-corrected chi connectivity index (χ1v) is 6.89. The molecule has 0 spiro atoms. The Bertz CT molecular complexity index is 599. The third kappa shape index (κ3) is 3.95. The van der Waals surface area contributed by atoms with Crippen molar-refractivity contribution in [3.63, 3.8) is 0 Å². The van der Waals surface area contributed by atoms with Crippen molar-refractivity contribution in [2.75, 3.05) is 7.11 Å². The van der Waals surface area contributed by atoms with Gasteiger partial charge in [-0.1, -0.05) is 30.3 Å². The predicted molar refractivity (Wildman–Crippen MR) is 81.1 cm³/mol. The molecular formula is C17H20FNO2. The highest BCUT2D eigenvalue weighted by Crippen LogP contribution is 2.24. The van der Waals surface area contributed by atoms with E-state index in [0.29, 0.717) is 5.56 Å². The highest BCUT2D eigenvalue weighted by Gasteiger charge is 2.10. The van der Waals surface area contributed by atoms with Crippen LogP contribution in [-0.2, 0) is 13.0 Å². The minimum atomic E-state index is -0.385. The van der Waals surface area contributed by atoms with Crippen molar-refractivity contribution in [1.82, 2.24) is 0 Å². The van der Waals surface area contributed by atoms with Gasteiger partial charge in [-0.15, -0.1) is 0 Å². The van der Waals surface area contributed by atoms with E-state index < -0.39 is 0 Å². The van der Waals surface area contributed by atoms with Gasteiger partial charge in [0, 0.05) is 11.6 Å². The first kappa shape index (κ1) is 15.3. The number of para-hydroxylation sites is 1. The summed E-state index contributed by atoms with van der Waals surface area (Å²) in [7, 11) is 1.45. The molecule has 0 saturated carbocycles. The molecule has 0 bridgehead atoms. The number of methoxy groups -OCH3 is 1. The van der Waals surface area contributed by atoms with Crippen LogP contribution >= 0.6 is 0 Å². The smallest absolute Gasteiger partial charge is 0.171 e. The predicted octanol–water partition coefficient (Wildman–Crippen LogP) is 3.30. The van der Waals surface area contributed by atoms with Crippen molar-refractivity contribution in [2.24, 2.45) is 5.73 Å². The number of halogens is 1. The molecule has 0 aliphatic carbocycles. The fraction of sp³-hybridized carbons (Fsp3) is 0.294. The maximum absolute atomic E-state index is 14.1. The Balaban J connectivity index is 2.13. The van der Waals surface area contributed by atoms with E-state index in [1.165, 1.54) is 7.11 Å². The summed E-state index contributed by atoms with van der Waals surface area (Å²) in [5.74, 6) is 0.571. The van der Waals surface area contributed by atoms with Gasteiger partial charge >= 0.3 is 0 Å². The number of benzene rings is 2. The molecule has 3 nitrogen and oxygen atoms in total. The highest BCUT2D eigenvalue weighted by atomic mass is 19.1. The second-order valence-electron chi connectivity index (χ2n) is 5.01. The number of hydrogen-bond acceptors (Lipinski definition) is 3. The summed E-state index contributed by atoms with van der Waals surface area (Å²) >= 11 is 0. The molecule has 21 heavy (non-hydrogen) atoms. The monoisotopic (exact) mass is 289 g/mol. The standard InChI is InChI=1S/C17H20FNO2/c1-12(19)10-13-6-3-4-8-15(13)21-11-14-7-5-9-16(20-2)17(14)18/h3-9,12H,10-11,19H2,1-2H3. The van der Waals surface area contributed by atoms with E-state index in [2.05, 4.69) is 0 Å². The van der Waals surface area contributed by atoms with Crippen LogP contribution in [0.25, 0.3) is 0 Å². The second-order valence-corrected chi connectivity index (χ2v) is 5.01. The molecule has 1 atom stereocenters.